The molecule has 1 rings (SSSR count). The molecule has 0 aromatic rings. The fourth-order valence-corrected chi connectivity index (χ4v) is 2.61. The topological polar surface area (TPSA) is 78.4 Å². The summed E-state index contributed by atoms with van der Waals surface area (Å²) in [6, 6.07) is 0.00987. The Kier molecular flexibility index (Phi) is 6.12. The molecule has 1 aliphatic rings. The average Bonchev–Trinajstić information content (AvgIpc) is 2.41. The second-order valence-electron chi connectivity index (χ2n) is 5.45. The molecule has 0 saturated heterocycles. The van der Waals surface area contributed by atoms with Gasteiger partial charge in [0.1, 0.15) is 0 Å². The van der Waals surface area contributed by atoms with Crippen molar-refractivity contribution in [3.63, 3.8) is 0 Å². The van der Waals surface area contributed by atoms with Crippen LogP contribution in [0.1, 0.15) is 58.8 Å². The highest BCUT2D eigenvalue weighted by molar-refractivity contribution is 5.78. The number of aliphatic carboxylic acids is 1. The van der Waals surface area contributed by atoms with Crippen molar-refractivity contribution in [1.82, 2.24) is 10.6 Å². The van der Waals surface area contributed by atoms with Gasteiger partial charge in [0.2, 0.25) is 0 Å². The maximum Gasteiger partial charge on any atom is 0.315 e. The van der Waals surface area contributed by atoms with Gasteiger partial charge < -0.3 is 15.7 Å². The standard InChI is InChI=1S/C14H26N2O3/c1-3-14(4-2,12(17)18)10-15-13(19)16-11-8-6-5-7-9-11/h11H,3-10H2,1-2H3,(H,17,18)(H2,15,16,19). The number of carbonyl (C=O) groups excluding carboxylic acids is 1. The summed E-state index contributed by atoms with van der Waals surface area (Å²) in [7, 11) is 0. The first-order chi connectivity index (χ1) is 9.04. The van der Waals surface area contributed by atoms with Gasteiger partial charge >= 0.3 is 12.0 Å². The smallest absolute Gasteiger partial charge is 0.315 e. The number of urea groups is 1. The third-order valence-corrected chi connectivity index (χ3v) is 4.33. The summed E-state index contributed by atoms with van der Waals surface area (Å²) in [6.07, 6.45) is 6.65. The predicted molar refractivity (Wildman–Crippen MR) is 74.1 cm³/mol. The van der Waals surface area contributed by atoms with Gasteiger partial charge in [-0.2, -0.15) is 0 Å². The van der Waals surface area contributed by atoms with Crippen LogP contribution in [-0.4, -0.2) is 29.7 Å². The van der Waals surface area contributed by atoms with Crippen LogP contribution in [0.2, 0.25) is 0 Å². The van der Waals surface area contributed by atoms with Crippen LogP contribution in [0.25, 0.3) is 0 Å². The molecular weight excluding hydrogens is 244 g/mol. The van der Waals surface area contributed by atoms with Crippen molar-refractivity contribution in [2.75, 3.05) is 6.54 Å². The Morgan fingerprint density at radius 2 is 1.74 bits per heavy atom. The molecule has 0 atom stereocenters. The molecule has 1 saturated carbocycles. The first-order valence-electron chi connectivity index (χ1n) is 7.32. The fraction of sp³-hybridized carbons (Fsp3) is 0.857. The molecule has 1 fully saturated rings. The van der Waals surface area contributed by atoms with E-state index in [1.165, 1.54) is 6.42 Å². The third-order valence-electron chi connectivity index (χ3n) is 4.33. The van der Waals surface area contributed by atoms with Gasteiger partial charge in [0, 0.05) is 12.6 Å². The third kappa shape index (κ3) is 4.40. The van der Waals surface area contributed by atoms with Crippen LogP contribution in [0.5, 0.6) is 0 Å². The SMILES string of the molecule is CCC(CC)(CNC(=O)NC1CCCCC1)C(=O)O. The second-order valence-corrected chi connectivity index (χ2v) is 5.45. The van der Waals surface area contributed by atoms with E-state index >= 15 is 0 Å². The van der Waals surface area contributed by atoms with Crippen LogP contribution < -0.4 is 10.6 Å². The van der Waals surface area contributed by atoms with Crippen molar-refractivity contribution in [2.45, 2.75) is 64.8 Å². The first-order valence-corrected chi connectivity index (χ1v) is 7.32. The van der Waals surface area contributed by atoms with E-state index in [2.05, 4.69) is 10.6 Å². The summed E-state index contributed by atoms with van der Waals surface area (Å²) in [4.78, 5) is 23.1. The molecule has 0 unspecified atom stereocenters. The summed E-state index contributed by atoms with van der Waals surface area (Å²) in [6.45, 7) is 3.88. The maximum absolute atomic E-state index is 11.8. The van der Waals surface area contributed by atoms with Crippen LogP contribution in [0.3, 0.4) is 0 Å². The number of nitrogens with one attached hydrogen (secondary N) is 2. The molecule has 110 valence electrons. The predicted octanol–water partition coefficient (Wildman–Crippen LogP) is 2.51. The molecule has 19 heavy (non-hydrogen) atoms. The molecule has 0 bridgehead atoms. The Morgan fingerprint density at radius 1 is 1.16 bits per heavy atom. The van der Waals surface area contributed by atoms with E-state index in [4.69, 9.17) is 0 Å². The summed E-state index contributed by atoms with van der Waals surface area (Å²) < 4.78 is 0. The average molecular weight is 270 g/mol. The van der Waals surface area contributed by atoms with E-state index in [-0.39, 0.29) is 18.6 Å². The minimum absolute atomic E-state index is 0.188. The zero-order chi connectivity index (χ0) is 14.3. The van der Waals surface area contributed by atoms with Crippen LogP contribution in [-0.2, 0) is 4.79 Å². The molecular formula is C14H26N2O3. The maximum atomic E-state index is 11.8. The van der Waals surface area contributed by atoms with E-state index in [1.807, 2.05) is 13.8 Å². The lowest BCUT2D eigenvalue weighted by atomic mass is 9.82. The van der Waals surface area contributed by atoms with Gasteiger partial charge in [-0.25, -0.2) is 4.79 Å². The molecule has 0 spiro atoms. The lowest BCUT2D eigenvalue weighted by molar-refractivity contribution is -0.149. The minimum atomic E-state index is -0.843. The highest BCUT2D eigenvalue weighted by Gasteiger charge is 2.35. The summed E-state index contributed by atoms with van der Waals surface area (Å²) >= 11 is 0. The normalized spacial score (nSPS) is 16.9. The highest BCUT2D eigenvalue weighted by Crippen LogP contribution is 2.25. The van der Waals surface area contributed by atoms with Gasteiger partial charge in [0.05, 0.1) is 5.41 Å². The van der Waals surface area contributed by atoms with Crippen molar-refractivity contribution >= 4 is 12.0 Å². The molecule has 5 heteroatoms. The Labute approximate surface area is 115 Å². The van der Waals surface area contributed by atoms with Gasteiger partial charge in [-0.05, 0) is 25.7 Å². The van der Waals surface area contributed by atoms with Crippen LogP contribution >= 0.6 is 0 Å². The number of carboxylic acids is 1. The summed E-state index contributed by atoms with van der Waals surface area (Å²) in [5.41, 5.74) is -0.843. The molecule has 0 aromatic carbocycles. The van der Waals surface area contributed by atoms with E-state index in [0.717, 1.165) is 25.7 Å². The van der Waals surface area contributed by atoms with Crippen LogP contribution in [0.4, 0.5) is 4.79 Å². The van der Waals surface area contributed by atoms with Gasteiger partial charge in [0.25, 0.3) is 0 Å². The van der Waals surface area contributed by atoms with Gasteiger partial charge in [-0.1, -0.05) is 33.1 Å². The van der Waals surface area contributed by atoms with E-state index < -0.39 is 11.4 Å². The molecule has 1 aliphatic carbocycles. The molecule has 2 amide bonds. The van der Waals surface area contributed by atoms with Crippen molar-refractivity contribution in [2.24, 2.45) is 5.41 Å². The summed E-state index contributed by atoms with van der Waals surface area (Å²) in [5.74, 6) is -0.838. The van der Waals surface area contributed by atoms with Gasteiger partial charge in [-0.3, -0.25) is 4.79 Å². The Morgan fingerprint density at radius 3 is 2.21 bits per heavy atom. The summed E-state index contributed by atoms with van der Waals surface area (Å²) in [5, 5.41) is 14.9. The number of carboxylic acid groups (broad SMARTS) is 1. The lowest BCUT2D eigenvalue weighted by Gasteiger charge is -2.28. The van der Waals surface area contributed by atoms with Crippen molar-refractivity contribution in [3.8, 4) is 0 Å². The number of hydrogen-bond donors (Lipinski definition) is 3. The molecule has 5 nitrogen and oxygen atoms in total. The molecule has 0 aromatic heterocycles. The van der Waals surface area contributed by atoms with Crippen molar-refractivity contribution in [3.05, 3.63) is 0 Å². The zero-order valence-electron chi connectivity index (χ0n) is 12.0. The number of amides is 2. The lowest BCUT2D eigenvalue weighted by Crippen LogP contribution is -2.48. The fourth-order valence-electron chi connectivity index (χ4n) is 2.61. The largest absolute Gasteiger partial charge is 0.481 e. The van der Waals surface area contributed by atoms with Gasteiger partial charge in [0.15, 0.2) is 0 Å². The molecule has 0 heterocycles. The van der Waals surface area contributed by atoms with Crippen molar-refractivity contribution < 1.29 is 14.7 Å². The first kappa shape index (κ1) is 15.8. The zero-order valence-corrected chi connectivity index (χ0v) is 12.0. The van der Waals surface area contributed by atoms with Crippen LogP contribution in [0.15, 0.2) is 0 Å². The Balaban J connectivity index is 2.41. The molecule has 0 radical (unpaired) electrons. The number of carbonyl (C=O) groups is 2. The van der Waals surface area contributed by atoms with E-state index in [9.17, 15) is 14.7 Å². The van der Waals surface area contributed by atoms with E-state index in [0.29, 0.717) is 12.8 Å². The van der Waals surface area contributed by atoms with E-state index in [1.54, 1.807) is 0 Å². The highest BCUT2D eigenvalue weighted by atomic mass is 16.4. The van der Waals surface area contributed by atoms with Crippen molar-refractivity contribution in [1.29, 1.82) is 0 Å². The molecule has 0 aliphatic heterocycles. The second kappa shape index (κ2) is 7.36. The quantitative estimate of drug-likeness (QED) is 0.694. The van der Waals surface area contributed by atoms with Crippen LogP contribution in [0, 0.1) is 5.41 Å². The monoisotopic (exact) mass is 270 g/mol. The van der Waals surface area contributed by atoms with Gasteiger partial charge in [-0.15, -0.1) is 0 Å². The number of rotatable bonds is 6. The Bertz CT molecular complexity index is 308. The molecule has 3 N–H and O–H groups in total. The Hall–Kier alpha value is -1.26. The minimum Gasteiger partial charge on any atom is -0.481 e. The number of hydrogen-bond acceptors (Lipinski definition) is 2.